The monoisotopic (exact) mass is 410 g/mol. The van der Waals surface area contributed by atoms with Gasteiger partial charge in [0.15, 0.2) is 23.3 Å². The Balaban J connectivity index is 2.71. The van der Waals surface area contributed by atoms with E-state index in [4.69, 9.17) is 13.3 Å². The van der Waals surface area contributed by atoms with E-state index in [0.29, 0.717) is 44.8 Å². The first-order valence-electron chi connectivity index (χ1n) is 9.64. The zero-order chi connectivity index (χ0) is 20.3. The normalized spacial score (nSPS) is 12.0. The molecule has 0 saturated heterocycles. The highest BCUT2D eigenvalue weighted by molar-refractivity contribution is 6.60. The molecule has 3 nitrogen and oxygen atoms in total. The molecule has 1 aromatic rings. The second kappa shape index (κ2) is 12.5. The minimum Gasteiger partial charge on any atom is -0.373 e. The third-order valence-corrected chi connectivity index (χ3v) is 6.83. The number of halogens is 4. The summed E-state index contributed by atoms with van der Waals surface area (Å²) in [6.45, 7) is 7.59. The average Bonchev–Trinajstić information content (AvgIpc) is 2.67. The smallest absolute Gasteiger partial charge is 0.373 e. The van der Waals surface area contributed by atoms with E-state index >= 15 is 0 Å². The molecule has 0 unspecified atom stereocenters. The van der Waals surface area contributed by atoms with Crippen LogP contribution in [-0.4, -0.2) is 28.6 Å². The van der Waals surface area contributed by atoms with Crippen molar-refractivity contribution in [1.29, 1.82) is 0 Å². The van der Waals surface area contributed by atoms with Crippen molar-refractivity contribution in [1.82, 2.24) is 0 Å². The highest BCUT2D eigenvalue weighted by Gasteiger charge is 2.40. The van der Waals surface area contributed by atoms with Gasteiger partial charge in [0.2, 0.25) is 0 Å². The van der Waals surface area contributed by atoms with Crippen molar-refractivity contribution in [2.45, 2.75) is 65.3 Å². The Morgan fingerprint density at radius 2 is 1.26 bits per heavy atom. The lowest BCUT2D eigenvalue weighted by Gasteiger charge is -2.29. The SMILES string of the molecule is CCCO[Si](CCCCc1cc(F)c(F)c(F)c1F)(OCCC)OCCC. The molecule has 0 amide bonds. The summed E-state index contributed by atoms with van der Waals surface area (Å²) in [5, 5.41) is 0. The highest BCUT2D eigenvalue weighted by Crippen LogP contribution is 2.24. The van der Waals surface area contributed by atoms with E-state index < -0.39 is 32.1 Å². The molecule has 0 aliphatic rings. The van der Waals surface area contributed by atoms with Crippen LogP contribution in [0.5, 0.6) is 0 Å². The van der Waals surface area contributed by atoms with Crippen molar-refractivity contribution >= 4 is 8.80 Å². The van der Waals surface area contributed by atoms with Gasteiger partial charge < -0.3 is 13.3 Å². The molecule has 0 aliphatic heterocycles. The molecule has 156 valence electrons. The van der Waals surface area contributed by atoms with Crippen LogP contribution in [0.15, 0.2) is 6.07 Å². The molecule has 0 atom stereocenters. The Morgan fingerprint density at radius 1 is 0.741 bits per heavy atom. The summed E-state index contributed by atoms with van der Waals surface area (Å²) < 4.78 is 71.3. The zero-order valence-electron chi connectivity index (χ0n) is 16.4. The standard InChI is InChI=1S/C19H30F4O3Si/c1-4-10-24-27(25-11-5-2,26-12-6-3)13-8-7-9-15-14-16(20)18(22)19(23)17(15)21/h14H,4-13H2,1-3H3. The first kappa shape index (κ1) is 24.1. The zero-order valence-corrected chi connectivity index (χ0v) is 17.4. The maximum absolute atomic E-state index is 13.8. The van der Waals surface area contributed by atoms with Crippen molar-refractivity contribution < 1.29 is 30.8 Å². The van der Waals surface area contributed by atoms with Crippen molar-refractivity contribution in [3.05, 3.63) is 34.9 Å². The molecule has 8 heteroatoms. The molecule has 1 rings (SSSR count). The predicted octanol–water partition coefficient (Wildman–Crippen LogP) is 5.78. The molecular formula is C19H30F4O3Si. The van der Waals surface area contributed by atoms with Gasteiger partial charge in [-0.15, -0.1) is 0 Å². The molecular weight excluding hydrogens is 380 g/mol. The summed E-state index contributed by atoms with van der Waals surface area (Å²) in [5.74, 6) is -6.25. The molecule has 0 bridgehead atoms. The second-order valence-electron chi connectivity index (χ2n) is 6.39. The molecule has 0 fully saturated rings. The Labute approximate surface area is 160 Å². The van der Waals surface area contributed by atoms with Crippen molar-refractivity contribution in [2.75, 3.05) is 19.8 Å². The maximum Gasteiger partial charge on any atom is 0.500 e. The largest absolute Gasteiger partial charge is 0.500 e. The average molecular weight is 411 g/mol. The van der Waals surface area contributed by atoms with Gasteiger partial charge in [0.1, 0.15) is 0 Å². The third-order valence-electron chi connectivity index (χ3n) is 3.94. The van der Waals surface area contributed by atoms with Crippen LogP contribution < -0.4 is 0 Å². The molecule has 0 aromatic heterocycles. The number of hydrogen-bond acceptors (Lipinski definition) is 3. The van der Waals surface area contributed by atoms with Gasteiger partial charge in [0.25, 0.3) is 0 Å². The van der Waals surface area contributed by atoms with Gasteiger partial charge in [-0.05, 0) is 50.2 Å². The number of benzene rings is 1. The molecule has 0 aliphatic carbocycles. The predicted molar refractivity (Wildman–Crippen MR) is 98.5 cm³/mol. The Hall–Kier alpha value is -0.963. The van der Waals surface area contributed by atoms with Crippen LogP contribution in [0.1, 0.15) is 58.4 Å². The summed E-state index contributed by atoms with van der Waals surface area (Å²) in [6.07, 6.45) is 3.64. The molecule has 27 heavy (non-hydrogen) atoms. The molecule has 0 spiro atoms. The van der Waals surface area contributed by atoms with Gasteiger partial charge in [0, 0.05) is 25.9 Å². The van der Waals surface area contributed by atoms with Gasteiger partial charge >= 0.3 is 8.80 Å². The lowest BCUT2D eigenvalue weighted by molar-refractivity contribution is 0.0586. The lowest BCUT2D eigenvalue weighted by atomic mass is 10.1. The van der Waals surface area contributed by atoms with Gasteiger partial charge in [-0.1, -0.05) is 20.8 Å². The van der Waals surface area contributed by atoms with Crippen LogP contribution in [0.25, 0.3) is 0 Å². The lowest BCUT2D eigenvalue weighted by Crippen LogP contribution is -2.46. The van der Waals surface area contributed by atoms with Crippen LogP contribution in [0.2, 0.25) is 6.04 Å². The fraction of sp³-hybridized carbons (Fsp3) is 0.684. The van der Waals surface area contributed by atoms with E-state index in [0.717, 1.165) is 19.3 Å². The molecule has 0 N–H and O–H groups in total. The van der Waals surface area contributed by atoms with Crippen LogP contribution in [0.4, 0.5) is 17.6 Å². The Bertz CT molecular complexity index is 551. The van der Waals surface area contributed by atoms with Gasteiger partial charge in [-0.25, -0.2) is 17.6 Å². The number of hydrogen-bond donors (Lipinski definition) is 0. The quantitative estimate of drug-likeness (QED) is 0.128. The maximum atomic E-state index is 13.8. The Morgan fingerprint density at radius 3 is 1.74 bits per heavy atom. The number of unbranched alkanes of at least 4 members (excludes halogenated alkanes) is 1. The molecule has 1 aromatic carbocycles. The van der Waals surface area contributed by atoms with Crippen LogP contribution in [-0.2, 0) is 19.7 Å². The van der Waals surface area contributed by atoms with Crippen LogP contribution >= 0.6 is 0 Å². The van der Waals surface area contributed by atoms with Crippen molar-refractivity contribution in [2.24, 2.45) is 0 Å². The topological polar surface area (TPSA) is 27.7 Å². The summed E-state index contributed by atoms with van der Waals surface area (Å²) in [5.41, 5.74) is -0.169. The minimum atomic E-state index is -2.84. The molecule has 0 radical (unpaired) electrons. The van der Waals surface area contributed by atoms with Gasteiger partial charge in [0.05, 0.1) is 0 Å². The Kier molecular flexibility index (Phi) is 11.1. The summed E-state index contributed by atoms with van der Waals surface area (Å²) in [4.78, 5) is 0. The van der Waals surface area contributed by atoms with E-state index in [-0.39, 0.29) is 12.0 Å². The first-order valence-corrected chi connectivity index (χ1v) is 11.6. The van der Waals surface area contributed by atoms with E-state index in [9.17, 15) is 17.6 Å². The van der Waals surface area contributed by atoms with Crippen molar-refractivity contribution in [3.63, 3.8) is 0 Å². The molecule has 0 saturated carbocycles. The van der Waals surface area contributed by atoms with Crippen molar-refractivity contribution in [3.8, 4) is 0 Å². The van der Waals surface area contributed by atoms with E-state index in [1.165, 1.54) is 0 Å². The first-order chi connectivity index (χ1) is 12.9. The van der Waals surface area contributed by atoms with Gasteiger partial charge in [-0.3, -0.25) is 0 Å². The number of rotatable bonds is 14. The van der Waals surface area contributed by atoms with Crippen LogP contribution in [0.3, 0.4) is 0 Å². The fourth-order valence-corrected chi connectivity index (χ4v) is 5.49. The minimum absolute atomic E-state index is 0.0970. The number of aryl methyl sites for hydroxylation is 1. The third kappa shape index (κ3) is 7.52. The summed E-state index contributed by atoms with van der Waals surface area (Å²) in [7, 11) is -2.84. The van der Waals surface area contributed by atoms with E-state index in [2.05, 4.69) is 0 Å². The fourth-order valence-electron chi connectivity index (χ4n) is 2.57. The van der Waals surface area contributed by atoms with E-state index in [1.807, 2.05) is 20.8 Å². The van der Waals surface area contributed by atoms with E-state index in [1.54, 1.807) is 0 Å². The highest BCUT2D eigenvalue weighted by atomic mass is 28.4. The summed E-state index contributed by atoms with van der Waals surface area (Å²) >= 11 is 0. The summed E-state index contributed by atoms with van der Waals surface area (Å²) in [6, 6.07) is 1.26. The van der Waals surface area contributed by atoms with Gasteiger partial charge in [-0.2, -0.15) is 0 Å². The molecule has 0 heterocycles. The van der Waals surface area contributed by atoms with Crippen LogP contribution in [0, 0.1) is 23.3 Å². The second-order valence-corrected chi connectivity index (χ2v) is 9.13.